The van der Waals surface area contributed by atoms with Crippen LogP contribution in [0.15, 0.2) is 24.3 Å². The molecule has 0 unspecified atom stereocenters. The molecule has 154 valence electrons. The van der Waals surface area contributed by atoms with E-state index in [1.807, 2.05) is 39.3 Å². The van der Waals surface area contributed by atoms with Gasteiger partial charge in [-0.3, -0.25) is 14.3 Å². The van der Waals surface area contributed by atoms with Crippen molar-refractivity contribution in [3.05, 3.63) is 41.2 Å². The highest BCUT2D eigenvalue weighted by Gasteiger charge is 2.21. The van der Waals surface area contributed by atoms with Crippen LogP contribution in [0.5, 0.6) is 0 Å². The number of amides is 2. The van der Waals surface area contributed by atoms with Gasteiger partial charge in [0.1, 0.15) is 0 Å². The van der Waals surface area contributed by atoms with Gasteiger partial charge in [0.05, 0.1) is 24.7 Å². The summed E-state index contributed by atoms with van der Waals surface area (Å²) in [6.07, 6.45) is 1.35. The number of hydrogen-bond acceptors (Lipinski definition) is 4. The van der Waals surface area contributed by atoms with Crippen molar-refractivity contribution in [2.75, 3.05) is 10.6 Å². The smallest absolute Gasteiger partial charge is 0.229 e. The molecule has 1 aromatic carbocycles. The average molecular weight is 396 g/mol. The molecule has 7 nitrogen and oxygen atoms in total. The van der Waals surface area contributed by atoms with Gasteiger partial charge in [-0.25, -0.2) is 0 Å². The molecule has 2 rings (SSSR count). The lowest BCUT2D eigenvalue weighted by atomic mass is 9.95. The Morgan fingerprint density at radius 2 is 1.69 bits per heavy atom. The summed E-state index contributed by atoms with van der Waals surface area (Å²) >= 11 is 0. The number of hydrogen-bond donors (Lipinski definition) is 2. The van der Waals surface area contributed by atoms with Gasteiger partial charge in [-0.2, -0.15) is 10.4 Å². The number of aryl methyl sites for hydroxylation is 2. The Bertz CT molecular complexity index is 914. The number of anilines is 2. The van der Waals surface area contributed by atoms with Crippen LogP contribution in [-0.2, 0) is 22.6 Å². The molecular weight excluding hydrogens is 366 g/mol. The van der Waals surface area contributed by atoms with Crippen LogP contribution in [0.4, 0.5) is 11.4 Å². The third-order valence-electron chi connectivity index (χ3n) is 4.68. The Hall–Kier alpha value is -3.14. The van der Waals surface area contributed by atoms with Crippen LogP contribution >= 0.6 is 0 Å². The molecule has 2 amide bonds. The third kappa shape index (κ3) is 6.18. The molecule has 0 aliphatic heterocycles. The second-order valence-electron chi connectivity index (χ2n) is 8.11. The van der Waals surface area contributed by atoms with E-state index in [0.29, 0.717) is 37.2 Å². The normalized spacial score (nSPS) is 11.0. The Labute approximate surface area is 172 Å². The average Bonchev–Trinajstić information content (AvgIpc) is 2.92. The zero-order valence-electron chi connectivity index (χ0n) is 17.8. The predicted molar refractivity (Wildman–Crippen MR) is 113 cm³/mol. The second-order valence-corrected chi connectivity index (χ2v) is 8.11. The van der Waals surface area contributed by atoms with Crippen molar-refractivity contribution in [2.24, 2.45) is 5.41 Å². The molecule has 2 aromatic rings. The number of nitrogens with zero attached hydrogens (tertiary/aromatic N) is 3. The van der Waals surface area contributed by atoms with Gasteiger partial charge >= 0.3 is 0 Å². The summed E-state index contributed by atoms with van der Waals surface area (Å²) in [6, 6.07) is 9.21. The van der Waals surface area contributed by atoms with Crippen LogP contribution in [0.25, 0.3) is 0 Å². The summed E-state index contributed by atoms with van der Waals surface area (Å²) in [6.45, 7) is 10.0. The fraction of sp³-hybridized carbons (Fsp3) is 0.455. The van der Waals surface area contributed by atoms with Crippen LogP contribution in [0.1, 0.15) is 50.6 Å². The fourth-order valence-electron chi connectivity index (χ4n) is 2.89. The van der Waals surface area contributed by atoms with E-state index >= 15 is 0 Å². The molecule has 0 saturated carbocycles. The van der Waals surface area contributed by atoms with Crippen LogP contribution in [-0.4, -0.2) is 21.6 Å². The standard InChI is InChI=1S/C22H29N5O2/c1-15-19(16(2)27(26-15)14-6-13-23)11-12-20(28)24-17-7-9-18(10-8-17)25-21(29)22(3,4)5/h7-10H,6,11-12,14H2,1-5H3,(H,24,28)(H,25,29). The van der Waals surface area contributed by atoms with Crippen LogP contribution in [0, 0.1) is 30.6 Å². The fourth-order valence-corrected chi connectivity index (χ4v) is 2.89. The summed E-state index contributed by atoms with van der Waals surface area (Å²) < 4.78 is 1.83. The zero-order valence-corrected chi connectivity index (χ0v) is 17.8. The maximum absolute atomic E-state index is 12.3. The molecule has 0 spiro atoms. The Morgan fingerprint density at radius 1 is 1.10 bits per heavy atom. The number of benzene rings is 1. The number of rotatable bonds is 7. The van der Waals surface area contributed by atoms with Gasteiger partial charge in [-0.05, 0) is 50.1 Å². The van der Waals surface area contributed by atoms with Crippen molar-refractivity contribution < 1.29 is 9.59 Å². The number of aromatic nitrogens is 2. The first kappa shape index (κ1) is 22.2. The van der Waals surface area contributed by atoms with E-state index in [2.05, 4.69) is 21.8 Å². The van der Waals surface area contributed by atoms with Crippen molar-refractivity contribution >= 4 is 23.2 Å². The summed E-state index contributed by atoms with van der Waals surface area (Å²) in [7, 11) is 0. The van der Waals surface area contributed by atoms with Gasteiger partial charge in [-0.1, -0.05) is 20.8 Å². The van der Waals surface area contributed by atoms with Gasteiger partial charge in [0.2, 0.25) is 11.8 Å². The molecule has 2 N–H and O–H groups in total. The zero-order chi connectivity index (χ0) is 21.6. The maximum atomic E-state index is 12.3. The van der Waals surface area contributed by atoms with Crippen LogP contribution in [0.3, 0.4) is 0 Å². The number of nitrogens with one attached hydrogen (secondary N) is 2. The van der Waals surface area contributed by atoms with Gasteiger partial charge in [0.15, 0.2) is 0 Å². The van der Waals surface area contributed by atoms with E-state index in [0.717, 1.165) is 17.0 Å². The predicted octanol–water partition coefficient (Wildman–Crippen LogP) is 3.97. The Kier molecular flexibility index (Phi) is 7.16. The summed E-state index contributed by atoms with van der Waals surface area (Å²) in [4.78, 5) is 24.4. The number of nitriles is 1. The lowest BCUT2D eigenvalue weighted by Crippen LogP contribution is -2.27. The second kappa shape index (κ2) is 9.37. The molecule has 0 atom stereocenters. The molecule has 0 saturated heterocycles. The topological polar surface area (TPSA) is 99.8 Å². The van der Waals surface area contributed by atoms with Crippen molar-refractivity contribution in [1.29, 1.82) is 5.26 Å². The highest BCUT2D eigenvalue weighted by atomic mass is 16.2. The maximum Gasteiger partial charge on any atom is 0.229 e. The number of carbonyl (C=O) groups excluding carboxylic acids is 2. The molecule has 7 heteroatoms. The van der Waals surface area contributed by atoms with E-state index in [4.69, 9.17) is 5.26 Å². The molecule has 0 radical (unpaired) electrons. The van der Waals surface area contributed by atoms with Crippen molar-refractivity contribution in [3.63, 3.8) is 0 Å². The molecular formula is C22H29N5O2. The molecule has 1 heterocycles. The first-order valence-corrected chi connectivity index (χ1v) is 9.73. The highest BCUT2D eigenvalue weighted by molar-refractivity contribution is 5.95. The minimum atomic E-state index is -0.467. The monoisotopic (exact) mass is 395 g/mol. The van der Waals surface area contributed by atoms with Gasteiger partial charge in [0, 0.05) is 28.9 Å². The summed E-state index contributed by atoms with van der Waals surface area (Å²) in [5, 5.41) is 18.9. The van der Waals surface area contributed by atoms with Crippen molar-refractivity contribution in [2.45, 2.75) is 60.4 Å². The highest BCUT2D eigenvalue weighted by Crippen LogP contribution is 2.20. The minimum Gasteiger partial charge on any atom is -0.326 e. The van der Waals surface area contributed by atoms with Crippen molar-refractivity contribution in [3.8, 4) is 6.07 Å². The quantitative estimate of drug-likeness (QED) is 0.741. The van der Waals surface area contributed by atoms with Crippen LogP contribution in [0.2, 0.25) is 0 Å². The number of carbonyl (C=O) groups is 2. The summed E-state index contributed by atoms with van der Waals surface area (Å²) in [5.41, 5.74) is 3.86. The molecule has 0 aliphatic rings. The lowest BCUT2D eigenvalue weighted by molar-refractivity contribution is -0.123. The molecule has 1 aromatic heterocycles. The van der Waals surface area contributed by atoms with E-state index in [-0.39, 0.29) is 11.8 Å². The molecule has 0 fully saturated rings. The lowest BCUT2D eigenvalue weighted by Gasteiger charge is -2.17. The van der Waals surface area contributed by atoms with E-state index < -0.39 is 5.41 Å². The Balaban J connectivity index is 1.91. The van der Waals surface area contributed by atoms with Gasteiger partial charge < -0.3 is 10.6 Å². The van der Waals surface area contributed by atoms with Crippen molar-refractivity contribution in [1.82, 2.24) is 9.78 Å². The molecule has 0 aliphatic carbocycles. The van der Waals surface area contributed by atoms with E-state index in [1.54, 1.807) is 24.3 Å². The van der Waals surface area contributed by atoms with E-state index in [9.17, 15) is 9.59 Å². The first-order chi connectivity index (χ1) is 13.6. The van der Waals surface area contributed by atoms with E-state index in [1.165, 1.54) is 0 Å². The summed E-state index contributed by atoms with van der Waals surface area (Å²) in [5.74, 6) is -0.143. The van der Waals surface area contributed by atoms with Crippen LogP contribution < -0.4 is 10.6 Å². The minimum absolute atomic E-state index is 0.0599. The first-order valence-electron chi connectivity index (χ1n) is 9.73. The van der Waals surface area contributed by atoms with Gasteiger partial charge in [-0.15, -0.1) is 0 Å². The molecule has 0 bridgehead atoms. The molecule has 29 heavy (non-hydrogen) atoms. The third-order valence-corrected chi connectivity index (χ3v) is 4.68. The Morgan fingerprint density at radius 3 is 2.24 bits per heavy atom. The SMILES string of the molecule is Cc1nn(CCC#N)c(C)c1CCC(=O)Nc1ccc(NC(=O)C(C)(C)C)cc1. The largest absolute Gasteiger partial charge is 0.326 e. The van der Waals surface area contributed by atoms with Gasteiger partial charge in [0.25, 0.3) is 0 Å².